The van der Waals surface area contributed by atoms with Crippen molar-refractivity contribution in [1.82, 2.24) is 0 Å². The molecule has 6 nitrogen and oxygen atoms in total. The fourth-order valence-corrected chi connectivity index (χ4v) is 2.37. The maximum Gasteiger partial charge on any atom is 0.307 e. The Morgan fingerprint density at radius 2 is 2.05 bits per heavy atom. The number of benzene rings is 1. The van der Waals surface area contributed by atoms with Crippen molar-refractivity contribution in [2.75, 3.05) is 5.75 Å². The number of hydrogen-bond donors (Lipinski definition) is 1. The molecule has 1 N–H and O–H groups in total. The van der Waals surface area contributed by atoms with E-state index in [1.165, 1.54) is 23.9 Å². The van der Waals surface area contributed by atoms with Gasteiger partial charge in [0, 0.05) is 16.7 Å². The molecule has 0 bridgehead atoms. The molecule has 0 amide bonds. The number of carboxylic acids is 1. The highest BCUT2D eigenvalue weighted by molar-refractivity contribution is 7.99. The Labute approximate surface area is 121 Å². The van der Waals surface area contributed by atoms with E-state index in [2.05, 4.69) is 0 Å². The van der Waals surface area contributed by atoms with Crippen LogP contribution in [0.25, 0.3) is 0 Å². The largest absolute Gasteiger partial charge is 0.491 e. The molecule has 0 aliphatic carbocycles. The third-order valence-electron chi connectivity index (χ3n) is 2.37. The second-order valence-corrected chi connectivity index (χ2v) is 5.73. The van der Waals surface area contributed by atoms with Crippen molar-refractivity contribution < 1.29 is 19.6 Å². The zero-order valence-electron chi connectivity index (χ0n) is 11.5. The van der Waals surface area contributed by atoms with E-state index in [1.807, 2.05) is 13.8 Å². The van der Waals surface area contributed by atoms with Gasteiger partial charge in [-0.1, -0.05) is 6.92 Å². The third-order valence-corrected chi connectivity index (χ3v) is 3.60. The van der Waals surface area contributed by atoms with E-state index in [0.29, 0.717) is 16.4 Å². The van der Waals surface area contributed by atoms with Crippen LogP contribution in [-0.4, -0.2) is 27.9 Å². The lowest BCUT2D eigenvalue weighted by molar-refractivity contribution is -0.385. The Morgan fingerprint density at radius 3 is 2.55 bits per heavy atom. The molecule has 0 radical (unpaired) electrons. The van der Waals surface area contributed by atoms with E-state index in [0.717, 1.165) is 0 Å². The molecule has 1 rings (SSSR count). The zero-order chi connectivity index (χ0) is 15.3. The molecule has 0 saturated heterocycles. The second-order valence-electron chi connectivity index (χ2n) is 4.64. The number of nitro benzene ring substituents is 1. The van der Waals surface area contributed by atoms with Gasteiger partial charge in [0.25, 0.3) is 5.69 Å². The fourth-order valence-electron chi connectivity index (χ4n) is 1.38. The van der Waals surface area contributed by atoms with Crippen molar-refractivity contribution in [3.63, 3.8) is 0 Å². The van der Waals surface area contributed by atoms with Gasteiger partial charge >= 0.3 is 5.97 Å². The van der Waals surface area contributed by atoms with Crippen molar-refractivity contribution in [3.8, 4) is 5.75 Å². The van der Waals surface area contributed by atoms with Crippen LogP contribution in [0.2, 0.25) is 0 Å². The molecule has 0 fully saturated rings. The summed E-state index contributed by atoms with van der Waals surface area (Å²) in [4.78, 5) is 21.8. The molecule has 20 heavy (non-hydrogen) atoms. The number of ether oxygens (including phenoxy) is 1. The zero-order valence-corrected chi connectivity index (χ0v) is 12.3. The lowest BCUT2D eigenvalue weighted by atomic mass is 10.2. The van der Waals surface area contributed by atoms with E-state index in [9.17, 15) is 14.9 Å². The van der Waals surface area contributed by atoms with Gasteiger partial charge in [0.1, 0.15) is 5.75 Å². The smallest absolute Gasteiger partial charge is 0.307 e. The van der Waals surface area contributed by atoms with Crippen molar-refractivity contribution in [3.05, 3.63) is 28.3 Å². The lowest BCUT2D eigenvalue weighted by Crippen LogP contribution is -2.11. The van der Waals surface area contributed by atoms with Gasteiger partial charge in [-0.2, -0.15) is 0 Å². The highest BCUT2D eigenvalue weighted by Gasteiger charge is 2.15. The summed E-state index contributed by atoms with van der Waals surface area (Å²) in [5, 5.41) is 19.7. The Balaban J connectivity index is 2.91. The van der Waals surface area contributed by atoms with Crippen molar-refractivity contribution >= 4 is 23.4 Å². The second kappa shape index (κ2) is 7.14. The molecule has 0 spiro atoms. The van der Waals surface area contributed by atoms with E-state index < -0.39 is 16.8 Å². The van der Waals surface area contributed by atoms with Gasteiger partial charge in [-0.3, -0.25) is 14.9 Å². The summed E-state index contributed by atoms with van der Waals surface area (Å²) in [6.07, 6.45) is -0.0900. The maximum absolute atomic E-state index is 10.9. The Kier molecular flexibility index (Phi) is 5.82. The molecule has 0 heterocycles. The first-order valence-electron chi connectivity index (χ1n) is 6.11. The van der Waals surface area contributed by atoms with E-state index in [1.54, 1.807) is 13.0 Å². The van der Waals surface area contributed by atoms with Gasteiger partial charge in [-0.15, -0.1) is 11.8 Å². The number of carbonyl (C=O) groups is 1. The molecule has 1 atom stereocenters. The van der Waals surface area contributed by atoms with Crippen LogP contribution in [0.4, 0.5) is 5.69 Å². The lowest BCUT2D eigenvalue weighted by Gasteiger charge is -2.11. The molecule has 0 aliphatic rings. The third kappa shape index (κ3) is 5.08. The quantitative estimate of drug-likeness (QED) is 0.472. The minimum Gasteiger partial charge on any atom is -0.491 e. The summed E-state index contributed by atoms with van der Waals surface area (Å²) in [5.74, 6) is -0.646. The Morgan fingerprint density at radius 1 is 1.40 bits per heavy atom. The molecular weight excluding hydrogens is 282 g/mol. The van der Waals surface area contributed by atoms with Crippen molar-refractivity contribution in [1.29, 1.82) is 0 Å². The average Bonchev–Trinajstić information content (AvgIpc) is 2.34. The van der Waals surface area contributed by atoms with Gasteiger partial charge in [-0.25, -0.2) is 0 Å². The summed E-state index contributed by atoms with van der Waals surface area (Å²) in [6.45, 7) is 5.26. The van der Waals surface area contributed by atoms with Crippen LogP contribution < -0.4 is 4.74 Å². The molecule has 0 aliphatic heterocycles. The summed E-state index contributed by atoms with van der Waals surface area (Å²) >= 11 is 1.26. The first kappa shape index (κ1) is 16.3. The fraction of sp³-hybridized carbons (Fsp3) is 0.462. The minimum absolute atomic E-state index is 0.0615. The molecule has 0 saturated carbocycles. The predicted octanol–water partition coefficient (Wildman–Crippen LogP) is 3.19. The summed E-state index contributed by atoms with van der Waals surface area (Å²) in [7, 11) is 0. The minimum atomic E-state index is -0.887. The molecule has 7 heteroatoms. The highest BCUT2D eigenvalue weighted by atomic mass is 32.2. The first-order chi connectivity index (χ1) is 9.29. The number of non-ortho nitro benzene ring substituents is 1. The number of hydrogen-bond acceptors (Lipinski definition) is 5. The average molecular weight is 299 g/mol. The molecule has 1 unspecified atom stereocenters. The Bertz CT molecular complexity index is 504. The normalized spacial score (nSPS) is 12.2. The van der Waals surface area contributed by atoms with Crippen LogP contribution in [0.1, 0.15) is 20.8 Å². The first-order valence-corrected chi connectivity index (χ1v) is 7.10. The number of carboxylic acid groups (broad SMARTS) is 1. The maximum atomic E-state index is 10.9. The van der Waals surface area contributed by atoms with Crippen molar-refractivity contribution in [2.24, 2.45) is 5.92 Å². The highest BCUT2D eigenvalue weighted by Crippen LogP contribution is 2.30. The van der Waals surface area contributed by atoms with E-state index in [4.69, 9.17) is 9.84 Å². The van der Waals surface area contributed by atoms with Crippen LogP contribution in [0.3, 0.4) is 0 Å². The number of nitrogens with zero attached hydrogens (tertiary/aromatic N) is 1. The summed E-state index contributed by atoms with van der Waals surface area (Å²) in [6, 6.07) is 4.48. The Hall–Kier alpha value is -1.76. The van der Waals surface area contributed by atoms with Gasteiger partial charge < -0.3 is 9.84 Å². The van der Waals surface area contributed by atoms with Gasteiger partial charge in [-0.05, 0) is 19.9 Å². The van der Waals surface area contributed by atoms with Gasteiger partial charge in [0.05, 0.1) is 23.0 Å². The van der Waals surface area contributed by atoms with E-state index in [-0.39, 0.29) is 11.8 Å². The van der Waals surface area contributed by atoms with Gasteiger partial charge in [0.15, 0.2) is 0 Å². The van der Waals surface area contributed by atoms with Crippen LogP contribution in [0.15, 0.2) is 23.1 Å². The van der Waals surface area contributed by atoms with Crippen LogP contribution >= 0.6 is 11.8 Å². The summed E-state index contributed by atoms with van der Waals surface area (Å²) < 4.78 is 5.47. The topological polar surface area (TPSA) is 89.7 Å². The van der Waals surface area contributed by atoms with Crippen LogP contribution in [0, 0.1) is 16.0 Å². The SMILES string of the molecule is CC(C)Oc1cc(SCC(C)C(=O)O)cc([N+](=O)[O-])c1. The molecule has 0 aromatic heterocycles. The standard InChI is InChI=1S/C13H17NO5S/c1-8(2)19-11-4-10(14(17)18)5-12(6-11)20-7-9(3)13(15)16/h4-6,8-9H,7H2,1-3H3,(H,15,16). The van der Waals surface area contributed by atoms with Crippen LogP contribution in [0.5, 0.6) is 5.75 Å². The van der Waals surface area contributed by atoms with Crippen molar-refractivity contribution in [2.45, 2.75) is 31.8 Å². The van der Waals surface area contributed by atoms with E-state index >= 15 is 0 Å². The van der Waals surface area contributed by atoms with Crippen LogP contribution in [-0.2, 0) is 4.79 Å². The number of thioether (sulfide) groups is 1. The summed E-state index contributed by atoms with van der Waals surface area (Å²) in [5.41, 5.74) is -0.0615. The molecule has 110 valence electrons. The number of aliphatic carboxylic acids is 1. The molecular formula is C13H17NO5S. The predicted molar refractivity (Wildman–Crippen MR) is 76.4 cm³/mol. The number of rotatable bonds is 7. The molecule has 1 aromatic carbocycles. The van der Waals surface area contributed by atoms with Gasteiger partial charge in [0.2, 0.25) is 0 Å². The monoisotopic (exact) mass is 299 g/mol. The molecule has 1 aromatic rings. The number of nitro groups is 1.